The number of halogens is 1. The van der Waals surface area contributed by atoms with Gasteiger partial charge in [0.25, 0.3) is 0 Å². The monoisotopic (exact) mass is 368 g/mol. The number of hydrogen-bond donors (Lipinski definition) is 0. The molecule has 0 aliphatic heterocycles. The van der Waals surface area contributed by atoms with Gasteiger partial charge in [-0.25, -0.2) is 9.78 Å². The van der Waals surface area contributed by atoms with Crippen molar-refractivity contribution < 1.29 is 9.53 Å². The molecule has 0 atom stereocenters. The minimum absolute atomic E-state index is 0.407. The van der Waals surface area contributed by atoms with Gasteiger partial charge in [-0.1, -0.05) is 34.1 Å². The van der Waals surface area contributed by atoms with Crippen molar-refractivity contribution in [2.75, 3.05) is 11.9 Å². The predicted octanol–water partition coefficient (Wildman–Crippen LogP) is 4.94. The minimum atomic E-state index is -0.520. The van der Waals surface area contributed by atoms with Crippen LogP contribution in [-0.4, -0.2) is 23.7 Å². The fraction of sp³-hybridized carbons (Fsp3) is 0.333. The van der Waals surface area contributed by atoms with Gasteiger partial charge in [-0.05, 0) is 26.8 Å². The van der Waals surface area contributed by atoms with E-state index >= 15 is 0 Å². The summed E-state index contributed by atoms with van der Waals surface area (Å²) >= 11 is 4.92. The normalized spacial score (nSPS) is 11.3. The summed E-state index contributed by atoms with van der Waals surface area (Å²) in [6.45, 7) is 5.52. The Morgan fingerprint density at radius 2 is 2.00 bits per heavy atom. The molecule has 1 aromatic carbocycles. The van der Waals surface area contributed by atoms with Gasteiger partial charge in [-0.3, -0.25) is 4.90 Å². The molecular weight excluding hydrogens is 352 g/mol. The van der Waals surface area contributed by atoms with Gasteiger partial charge in [0.2, 0.25) is 0 Å². The number of amides is 1. The Morgan fingerprint density at radius 1 is 1.33 bits per heavy atom. The number of anilines is 1. The number of nitrogens with zero attached hydrogens (tertiary/aromatic N) is 2. The number of thiazole rings is 1. The van der Waals surface area contributed by atoms with Crippen LogP contribution in [-0.2, 0) is 4.74 Å². The topological polar surface area (TPSA) is 42.4 Å². The predicted molar refractivity (Wildman–Crippen MR) is 89.9 cm³/mol. The highest BCUT2D eigenvalue weighted by molar-refractivity contribution is 9.10. The molecule has 0 radical (unpaired) electrons. The lowest BCUT2D eigenvalue weighted by Gasteiger charge is -2.23. The van der Waals surface area contributed by atoms with E-state index in [-0.39, 0.29) is 0 Å². The lowest BCUT2D eigenvalue weighted by Crippen LogP contribution is -2.34. The number of rotatable bonds is 2. The van der Waals surface area contributed by atoms with Crippen molar-refractivity contribution in [3.63, 3.8) is 0 Å². The van der Waals surface area contributed by atoms with E-state index < -0.39 is 11.7 Å². The summed E-state index contributed by atoms with van der Waals surface area (Å²) in [4.78, 5) is 18.0. The molecule has 112 valence electrons. The molecule has 4 nitrogen and oxygen atoms in total. The number of hydrogen-bond acceptors (Lipinski definition) is 4. The van der Waals surface area contributed by atoms with Crippen molar-refractivity contribution in [1.82, 2.24) is 4.98 Å². The van der Waals surface area contributed by atoms with Crippen molar-refractivity contribution in [3.8, 4) is 11.3 Å². The fourth-order valence-corrected chi connectivity index (χ4v) is 2.89. The highest BCUT2D eigenvalue weighted by Crippen LogP contribution is 2.32. The van der Waals surface area contributed by atoms with Gasteiger partial charge in [-0.15, -0.1) is 11.3 Å². The van der Waals surface area contributed by atoms with Crippen LogP contribution < -0.4 is 4.90 Å². The summed E-state index contributed by atoms with van der Waals surface area (Å²) in [6, 6.07) is 7.85. The number of aromatic nitrogens is 1. The average molecular weight is 369 g/mol. The maximum Gasteiger partial charge on any atom is 0.416 e. The molecule has 0 bridgehead atoms. The van der Waals surface area contributed by atoms with Gasteiger partial charge in [0.1, 0.15) is 5.60 Å². The van der Waals surface area contributed by atoms with Crippen LogP contribution in [0.3, 0.4) is 0 Å². The van der Waals surface area contributed by atoms with E-state index in [1.54, 1.807) is 7.05 Å². The molecule has 0 unspecified atom stereocenters. The van der Waals surface area contributed by atoms with Crippen LogP contribution >= 0.6 is 27.3 Å². The molecule has 0 aliphatic carbocycles. The number of carbonyl (C=O) groups excluding carboxylic acids is 1. The third kappa shape index (κ3) is 4.04. The first kappa shape index (κ1) is 16.0. The Bertz CT molecular complexity index is 649. The fourth-order valence-electron chi connectivity index (χ4n) is 1.62. The maximum atomic E-state index is 12.0. The van der Waals surface area contributed by atoms with E-state index in [2.05, 4.69) is 20.9 Å². The van der Waals surface area contributed by atoms with Gasteiger partial charge in [0.15, 0.2) is 5.13 Å². The summed E-state index contributed by atoms with van der Waals surface area (Å²) in [5, 5.41) is 2.53. The zero-order valence-corrected chi connectivity index (χ0v) is 14.8. The lowest BCUT2D eigenvalue weighted by atomic mass is 10.2. The van der Waals surface area contributed by atoms with Crippen molar-refractivity contribution in [2.24, 2.45) is 0 Å². The summed E-state index contributed by atoms with van der Waals surface area (Å²) in [5.74, 6) is 0. The first-order chi connectivity index (χ1) is 9.78. The Balaban J connectivity index is 2.20. The second-order valence-electron chi connectivity index (χ2n) is 5.53. The minimum Gasteiger partial charge on any atom is -0.443 e. The van der Waals surface area contributed by atoms with Crippen LogP contribution in [0.2, 0.25) is 0 Å². The van der Waals surface area contributed by atoms with E-state index in [0.29, 0.717) is 5.13 Å². The van der Waals surface area contributed by atoms with Crippen molar-refractivity contribution in [1.29, 1.82) is 0 Å². The molecule has 6 heteroatoms. The van der Waals surface area contributed by atoms with Crippen LogP contribution in [0, 0.1) is 0 Å². The first-order valence-corrected chi connectivity index (χ1v) is 8.12. The van der Waals surface area contributed by atoms with Gasteiger partial charge >= 0.3 is 6.09 Å². The van der Waals surface area contributed by atoms with E-state index in [1.807, 2.05) is 50.4 Å². The zero-order valence-electron chi connectivity index (χ0n) is 12.4. The van der Waals surface area contributed by atoms with Crippen molar-refractivity contribution >= 4 is 38.5 Å². The highest BCUT2D eigenvalue weighted by Gasteiger charge is 2.22. The average Bonchev–Trinajstić information content (AvgIpc) is 2.85. The third-order valence-electron chi connectivity index (χ3n) is 2.60. The van der Waals surface area contributed by atoms with Crippen LogP contribution in [0.1, 0.15) is 20.8 Å². The van der Waals surface area contributed by atoms with Crippen molar-refractivity contribution in [2.45, 2.75) is 26.4 Å². The lowest BCUT2D eigenvalue weighted by molar-refractivity contribution is 0.0589. The van der Waals surface area contributed by atoms with Crippen LogP contribution in [0.25, 0.3) is 11.3 Å². The Kier molecular flexibility index (Phi) is 4.68. The van der Waals surface area contributed by atoms with E-state index in [4.69, 9.17) is 4.74 Å². The third-order valence-corrected chi connectivity index (χ3v) is 4.20. The Labute approximate surface area is 136 Å². The molecule has 1 aromatic heterocycles. The molecule has 2 rings (SSSR count). The quantitative estimate of drug-likeness (QED) is 0.753. The number of benzene rings is 1. The van der Waals surface area contributed by atoms with Gasteiger partial charge < -0.3 is 4.74 Å². The standard InChI is InChI=1S/C15H17BrN2O2S/c1-15(2,3)20-14(19)18(4)13-17-12(9-21-13)10-7-5-6-8-11(10)16/h5-9H,1-4H3. The molecule has 0 N–H and O–H groups in total. The van der Waals surface area contributed by atoms with Crippen LogP contribution in [0.4, 0.5) is 9.93 Å². The van der Waals surface area contributed by atoms with E-state index in [1.165, 1.54) is 16.2 Å². The van der Waals surface area contributed by atoms with E-state index in [9.17, 15) is 4.79 Å². The Morgan fingerprint density at radius 3 is 2.62 bits per heavy atom. The number of carbonyl (C=O) groups is 1. The van der Waals surface area contributed by atoms with Crippen LogP contribution in [0.15, 0.2) is 34.1 Å². The van der Waals surface area contributed by atoms with Crippen LogP contribution in [0.5, 0.6) is 0 Å². The zero-order chi connectivity index (χ0) is 15.6. The van der Waals surface area contributed by atoms with Gasteiger partial charge in [0.05, 0.1) is 5.69 Å². The summed E-state index contributed by atoms with van der Waals surface area (Å²) in [6.07, 6.45) is -0.407. The van der Waals surface area contributed by atoms with Crippen molar-refractivity contribution in [3.05, 3.63) is 34.1 Å². The highest BCUT2D eigenvalue weighted by atomic mass is 79.9. The summed E-state index contributed by atoms with van der Waals surface area (Å²) in [7, 11) is 1.66. The molecule has 2 aromatic rings. The molecule has 0 saturated heterocycles. The number of ether oxygens (including phenoxy) is 1. The van der Waals surface area contributed by atoms with Gasteiger partial charge in [0, 0.05) is 22.5 Å². The summed E-state index contributed by atoms with van der Waals surface area (Å²) < 4.78 is 6.31. The molecule has 0 aliphatic rings. The van der Waals surface area contributed by atoms with Gasteiger partial charge in [-0.2, -0.15) is 0 Å². The molecular formula is C15H17BrN2O2S. The second-order valence-corrected chi connectivity index (χ2v) is 7.23. The second kappa shape index (κ2) is 6.15. The van der Waals surface area contributed by atoms with E-state index in [0.717, 1.165) is 15.7 Å². The smallest absolute Gasteiger partial charge is 0.416 e. The first-order valence-electron chi connectivity index (χ1n) is 6.45. The molecule has 1 heterocycles. The molecule has 0 fully saturated rings. The Hall–Kier alpha value is -1.40. The molecule has 21 heavy (non-hydrogen) atoms. The largest absolute Gasteiger partial charge is 0.443 e. The SMILES string of the molecule is CN(C(=O)OC(C)(C)C)c1nc(-c2ccccc2Br)cs1. The molecule has 1 amide bonds. The maximum absolute atomic E-state index is 12.0. The molecule has 0 saturated carbocycles. The summed E-state index contributed by atoms with van der Waals surface area (Å²) in [5.41, 5.74) is 1.31. The molecule has 0 spiro atoms.